The number of rotatable bonds is 3. The quantitative estimate of drug-likeness (QED) is 0.760. The summed E-state index contributed by atoms with van der Waals surface area (Å²) in [7, 11) is 0. The van der Waals surface area contributed by atoms with E-state index in [1.807, 2.05) is 0 Å². The van der Waals surface area contributed by atoms with Crippen LogP contribution in [0.2, 0.25) is 0 Å². The maximum absolute atomic E-state index is 12.0. The molecule has 0 amide bonds. The van der Waals surface area contributed by atoms with Crippen molar-refractivity contribution in [1.82, 2.24) is 0 Å². The van der Waals surface area contributed by atoms with Gasteiger partial charge in [0.15, 0.2) is 5.78 Å². The summed E-state index contributed by atoms with van der Waals surface area (Å²) in [6.07, 6.45) is -2.07. The van der Waals surface area contributed by atoms with Gasteiger partial charge in [-0.25, -0.2) is 0 Å². The average molecular weight is 244 g/mol. The molecule has 1 aliphatic rings. The predicted molar refractivity (Wildman–Crippen MR) is 54.8 cm³/mol. The highest BCUT2D eigenvalue weighted by Gasteiger charge is 2.32. The highest BCUT2D eigenvalue weighted by molar-refractivity contribution is 5.98. The summed E-state index contributed by atoms with van der Waals surface area (Å²) >= 11 is 0. The zero-order chi connectivity index (χ0) is 12.5. The summed E-state index contributed by atoms with van der Waals surface area (Å²) in [6, 6.07) is 5.25. The number of alkyl halides is 3. The van der Waals surface area contributed by atoms with E-state index in [0.29, 0.717) is 0 Å². The van der Waals surface area contributed by atoms with Gasteiger partial charge in [0.25, 0.3) is 0 Å². The number of carbonyl (C=O) groups excluding carboxylic acids is 1. The highest BCUT2D eigenvalue weighted by atomic mass is 19.4. The van der Waals surface area contributed by atoms with Crippen LogP contribution in [0.4, 0.5) is 13.2 Å². The molecule has 1 saturated carbocycles. The maximum atomic E-state index is 12.0. The van der Waals surface area contributed by atoms with Crippen LogP contribution in [0.1, 0.15) is 29.6 Å². The molecule has 1 fully saturated rings. The third-order valence-electron chi connectivity index (χ3n) is 2.83. The monoisotopic (exact) mass is 244 g/mol. The number of hydrogen-bond acceptors (Lipinski definition) is 2. The van der Waals surface area contributed by atoms with E-state index in [1.165, 1.54) is 18.2 Å². The van der Waals surface area contributed by atoms with Crippen molar-refractivity contribution < 1.29 is 22.7 Å². The SMILES string of the molecule is O=C(c1cccc(OC(F)(F)F)c1)C1CCC1. The van der Waals surface area contributed by atoms with Gasteiger partial charge in [0.1, 0.15) is 5.75 Å². The zero-order valence-electron chi connectivity index (χ0n) is 8.96. The fourth-order valence-electron chi connectivity index (χ4n) is 1.75. The molecule has 0 unspecified atom stereocenters. The number of hydrogen-bond donors (Lipinski definition) is 0. The molecule has 0 radical (unpaired) electrons. The molecule has 17 heavy (non-hydrogen) atoms. The highest BCUT2D eigenvalue weighted by Crippen LogP contribution is 2.31. The smallest absolute Gasteiger partial charge is 0.406 e. The molecular formula is C12H11F3O2. The van der Waals surface area contributed by atoms with Crippen molar-refractivity contribution >= 4 is 5.78 Å². The van der Waals surface area contributed by atoms with Crippen LogP contribution < -0.4 is 4.74 Å². The van der Waals surface area contributed by atoms with E-state index in [4.69, 9.17) is 0 Å². The molecule has 0 spiro atoms. The normalized spacial score (nSPS) is 16.4. The van der Waals surface area contributed by atoms with Gasteiger partial charge in [0.05, 0.1) is 0 Å². The third kappa shape index (κ3) is 2.99. The molecule has 0 aromatic heterocycles. The van der Waals surface area contributed by atoms with Crippen LogP contribution in [-0.4, -0.2) is 12.1 Å². The topological polar surface area (TPSA) is 26.3 Å². The molecule has 0 bridgehead atoms. The van der Waals surface area contributed by atoms with E-state index in [2.05, 4.69) is 4.74 Å². The summed E-state index contributed by atoms with van der Waals surface area (Å²) in [5.41, 5.74) is 0.288. The third-order valence-corrected chi connectivity index (χ3v) is 2.83. The van der Waals surface area contributed by atoms with Crippen LogP contribution in [0.5, 0.6) is 5.75 Å². The minimum absolute atomic E-state index is 0.0314. The fraction of sp³-hybridized carbons (Fsp3) is 0.417. The Kier molecular flexibility index (Phi) is 3.09. The van der Waals surface area contributed by atoms with Gasteiger partial charge >= 0.3 is 6.36 Å². The van der Waals surface area contributed by atoms with Gasteiger partial charge < -0.3 is 4.74 Å². The first-order chi connectivity index (χ1) is 7.96. The van der Waals surface area contributed by atoms with E-state index in [1.54, 1.807) is 0 Å². The lowest BCUT2D eigenvalue weighted by Crippen LogP contribution is -2.22. The molecule has 0 aliphatic heterocycles. The second-order valence-electron chi connectivity index (χ2n) is 4.07. The minimum atomic E-state index is -4.72. The van der Waals surface area contributed by atoms with Crippen molar-refractivity contribution in [1.29, 1.82) is 0 Å². The standard InChI is InChI=1S/C12H11F3O2/c13-12(14,15)17-10-6-2-5-9(7-10)11(16)8-3-1-4-8/h2,5-8H,1,3-4H2. The molecule has 92 valence electrons. The van der Waals surface area contributed by atoms with Crippen LogP contribution in [0.25, 0.3) is 0 Å². The Morgan fingerprint density at radius 1 is 1.29 bits per heavy atom. The summed E-state index contributed by atoms with van der Waals surface area (Å²) < 4.78 is 39.8. The molecule has 0 N–H and O–H groups in total. The van der Waals surface area contributed by atoms with Crippen molar-refractivity contribution in [2.24, 2.45) is 5.92 Å². The number of benzene rings is 1. The molecule has 1 aliphatic carbocycles. The van der Waals surface area contributed by atoms with Gasteiger partial charge in [-0.15, -0.1) is 13.2 Å². The molecule has 5 heteroatoms. The van der Waals surface area contributed by atoms with E-state index < -0.39 is 6.36 Å². The van der Waals surface area contributed by atoms with Crippen LogP contribution in [-0.2, 0) is 0 Å². The molecule has 0 heterocycles. The molecule has 0 saturated heterocycles. The van der Waals surface area contributed by atoms with Gasteiger partial charge in [-0.3, -0.25) is 4.79 Å². The van der Waals surface area contributed by atoms with Crippen molar-refractivity contribution in [2.45, 2.75) is 25.6 Å². The van der Waals surface area contributed by atoms with E-state index in [-0.39, 0.29) is 23.0 Å². The summed E-state index contributed by atoms with van der Waals surface area (Å²) in [4.78, 5) is 11.8. The van der Waals surface area contributed by atoms with Gasteiger partial charge in [-0.2, -0.15) is 0 Å². The largest absolute Gasteiger partial charge is 0.573 e. The molecule has 2 rings (SSSR count). The van der Waals surface area contributed by atoms with Gasteiger partial charge in [-0.1, -0.05) is 18.6 Å². The Balaban J connectivity index is 2.13. The minimum Gasteiger partial charge on any atom is -0.406 e. The van der Waals surface area contributed by atoms with Crippen LogP contribution >= 0.6 is 0 Å². The van der Waals surface area contributed by atoms with Crippen LogP contribution in [0.3, 0.4) is 0 Å². The predicted octanol–water partition coefficient (Wildman–Crippen LogP) is 3.57. The van der Waals surface area contributed by atoms with Crippen molar-refractivity contribution in [3.05, 3.63) is 29.8 Å². The summed E-state index contributed by atoms with van der Waals surface area (Å²) in [6.45, 7) is 0. The molecule has 1 aromatic carbocycles. The molecule has 2 nitrogen and oxygen atoms in total. The zero-order valence-corrected chi connectivity index (χ0v) is 8.96. The van der Waals surface area contributed by atoms with E-state index in [9.17, 15) is 18.0 Å². The number of ether oxygens (including phenoxy) is 1. The van der Waals surface area contributed by atoms with Gasteiger partial charge in [0, 0.05) is 11.5 Å². The molecular weight excluding hydrogens is 233 g/mol. The Morgan fingerprint density at radius 2 is 2.00 bits per heavy atom. The first-order valence-electron chi connectivity index (χ1n) is 5.36. The Morgan fingerprint density at radius 3 is 2.53 bits per heavy atom. The Hall–Kier alpha value is -1.52. The van der Waals surface area contributed by atoms with Crippen LogP contribution in [0.15, 0.2) is 24.3 Å². The van der Waals surface area contributed by atoms with Gasteiger partial charge in [-0.05, 0) is 25.0 Å². The average Bonchev–Trinajstić information content (AvgIpc) is 2.12. The number of ketones is 1. The Bertz CT molecular complexity index is 422. The second kappa shape index (κ2) is 4.39. The van der Waals surface area contributed by atoms with Crippen molar-refractivity contribution in [2.75, 3.05) is 0 Å². The summed E-state index contributed by atoms with van der Waals surface area (Å²) in [5.74, 6) is -0.470. The van der Waals surface area contributed by atoms with Crippen molar-refractivity contribution in [3.8, 4) is 5.75 Å². The second-order valence-corrected chi connectivity index (χ2v) is 4.07. The van der Waals surface area contributed by atoms with Crippen molar-refractivity contribution in [3.63, 3.8) is 0 Å². The lowest BCUT2D eigenvalue weighted by molar-refractivity contribution is -0.274. The Labute approximate surface area is 96.4 Å². The molecule has 1 aromatic rings. The molecule has 0 atom stereocenters. The fourth-order valence-corrected chi connectivity index (χ4v) is 1.75. The van der Waals surface area contributed by atoms with Gasteiger partial charge in [0.2, 0.25) is 0 Å². The number of carbonyl (C=O) groups is 1. The lowest BCUT2D eigenvalue weighted by atomic mass is 9.80. The summed E-state index contributed by atoms with van der Waals surface area (Å²) in [5, 5.41) is 0. The van der Waals surface area contributed by atoms with E-state index in [0.717, 1.165) is 25.3 Å². The number of halogens is 3. The first-order valence-corrected chi connectivity index (χ1v) is 5.36. The maximum Gasteiger partial charge on any atom is 0.573 e. The first kappa shape index (κ1) is 12.0. The van der Waals surface area contributed by atoms with E-state index >= 15 is 0 Å². The number of Topliss-reactive ketones (excluding diaryl/α,β-unsaturated/α-hetero) is 1. The lowest BCUT2D eigenvalue weighted by Gasteiger charge is -2.23. The van der Waals surface area contributed by atoms with Crippen LogP contribution in [0, 0.1) is 5.92 Å².